The van der Waals surface area contributed by atoms with E-state index in [0.717, 1.165) is 24.2 Å². The van der Waals surface area contributed by atoms with Gasteiger partial charge in [-0.2, -0.15) is 8.78 Å². The molecule has 0 saturated carbocycles. The Balaban J connectivity index is 1.89. The van der Waals surface area contributed by atoms with E-state index in [9.17, 15) is 13.6 Å². The Bertz CT molecular complexity index is 765. The number of benzene rings is 1. The second-order valence-electron chi connectivity index (χ2n) is 5.22. The largest absolute Gasteiger partial charge is 0.434 e. The van der Waals surface area contributed by atoms with E-state index in [2.05, 4.69) is 26.0 Å². The lowest BCUT2D eigenvalue weighted by atomic mass is 10.2. The lowest BCUT2D eigenvalue weighted by Gasteiger charge is -2.10. The highest BCUT2D eigenvalue weighted by molar-refractivity contribution is 9.10. The molecular weight excluding hydrogens is 428 g/mol. The maximum atomic E-state index is 12.6. The molecule has 1 aromatic heterocycles. The van der Waals surface area contributed by atoms with Crippen molar-refractivity contribution in [3.8, 4) is 5.75 Å². The summed E-state index contributed by atoms with van der Waals surface area (Å²) in [6, 6.07) is 2.98. The van der Waals surface area contributed by atoms with Crippen LogP contribution in [-0.2, 0) is 4.74 Å². The van der Waals surface area contributed by atoms with Crippen LogP contribution in [0.3, 0.4) is 0 Å². The molecule has 2 heterocycles. The van der Waals surface area contributed by atoms with Gasteiger partial charge in [-0.3, -0.25) is 4.79 Å². The molecule has 130 valence electrons. The summed E-state index contributed by atoms with van der Waals surface area (Å²) in [5.41, 5.74) is 0. The van der Waals surface area contributed by atoms with Crippen LogP contribution in [0.4, 0.5) is 8.78 Å². The van der Waals surface area contributed by atoms with E-state index in [0.29, 0.717) is 27.7 Å². The molecule has 3 rings (SSSR count). The molecule has 1 aromatic carbocycles. The highest BCUT2D eigenvalue weighted by Crippen LogP contribution is 2.44. The average molecular weight is 441 g/mol. The van der Waals surface area contributed by atoms with Crippen molar-refractivity contribution in [2.24, 2.45) is 0 Å². The molecule has 1 amide bonds. The zero-order valence-electron chi connectivity index (χ0n) is 12.3. The van der Waals surface area contributed by atoms with E-state index in [1.54, 1.807) is 6.07 Å². The second kappa shape index (κ2) is 7.51. The first-order valence-electron chi connectivity index (χ1n) is 7.22. The Hall–Kier alpha value is -0.960. The van der Waals surface area contributed by atoms with Gasteiger partial charge < -0.3 is 14.8 Å². The first kappa shape index (κ1) is 17.8. The molecular formula is C15H13BrClF2NO3S. The van der Waals surface area contributed by atoms with Crippen LogP contribution in [0.25, 0.3) is 10.1 Å². The molecule has 0 radical (unpaired) electrons. The summed E-state index contributed by atoms with van der Waals surface area (Å²) in [5, 5.41) is 3.19. The van der Waals surface area contributed by atoms with Gasteiger partial charge in [0.25, 0.3) is 5.91 Å². The van der Waals surface area contributed by atoms with Crippen LogP contribution in [0.2, 0.25) is 5.02 Å². The van der Waals surface area contributed by atoms with Gasteiger partial charge in [0, 0.05) is 17.6 Å². The number of alkyl halides is 2. The van der Waals surface area contributed by atoms with E-state index >= 15 is 0 Å². The number of fused-ring (bicyclic) bond motifs is 1. The number of hydrogen-bond donors (Lipinski definition) is 1. The zero-order valence-corrected chi connectivity index (χ0v) is 15.4. The molecule has 2 aromatic rings. The van der Waals surface area contributed by atoms with Crippen LogP contribution in [0, 0.1) is 0 Å². The van der Waals surface area contributed by atoms with E-state index in [-0.39, 0.29) is 27.7 Å². The molecule has 0 bridgehead atoms. The molecule has 1 aliphatic heterocycles. The van der Waals surface area contributed by atoms with Gasteiger partial charge in [-0.05, 0) is 40.9 Å². The van der Waals surface area contributed by atoms with E-state index in [4.69, 9.17) is 16.3 Å². The minimum atomic E-state index is -2.97. The Kier molecular flexibility index (Phi) is 5.59. The highest BCUT2D eigenvalue weighted by atomic mass is 79.9. The molecule has 1 saturated heterocycles. The van der Waals surface area contributed by atoms with Crippen LogP contribution < -0.4 is 10.1 Å². The standard InChI is InChI=1S/C15H13BrClF2NO3S/c16-8-3-4-9(23-15(18)19)10-11(17)13(24-12(8)10)14(21)20-6-7-2-1-5-22-7/h3-4,7,15H,1-2,5-6H2,(H,20,21). The molecule has 24 heavy (non-hydrogen) atoms. The molecule has 1 atom stereocenters. The Morgan fingerprint density at radius 3 is 3.00 bits per heavy atom. The lowest BCUT2D eigenvalue weighted by Crippen LogP contribution is -2.31. The number of nitrogens with one attached hydrogen (secondary N) is 1. The molecule has 1 N–H and O–H groups in total. The van der Waals surface area contributed by atoms with Crippen molar-refractivity contribution >= 4 is 54.9 Å². The number of carbonyl (C=O) groups is 1. The SMILES string of the molecule is O=C(NCC1CCCO1)c1sc2c(Br)ccc(OC(F)F)c2c1Cl. The summed E-state index contributed by atoms with van der Waals surface area (Å²) in [6.07, 6.45) is 1.88. The topological polar surface area (TPSA) is 47.6 Å². The summed E-state index contributed by atoms with van der Waals surface area (Å²) in [4.78, 5) is 12.7. The Morgan fingerprint density at radius 2 is 2.33 bits per heavy atom. The number of amides is 1. The first-order valence-corrected chi connectivity index (χ1v) is 9.21. The molecule has 9 heteroatoms. The Labute approximate surface area is 154 Å². The maximum Gasteiger partial charge on any atom is 0.387 e. The van der Waals surface area contributed by atoms with Crippen LogP contribution >= 0.6 is 38.9 Å². The molecule has 1 fully saturated rings. The van der Waals surface area contributed by atoms with Crippen LogP contribution in [0.5, 0.6) is 5.75 Å². The number of halogens is 4. The van der Waals surface area contributed by atoms with Gasteiger partial charge in [0.1, 0.15) is 10.6 Å². The van der Waals surface area contributed by atoms with Crippen molar-refractivity contribution < 1.29 is 23.0 Å². The summed E-state index contributed by atoms with van der Waals surface area (Å²) in [5.74, 6) is -0.408. The summed E-state index contributed by atoms with van der Waals surface area (Å²) < 4.78 is 36.4. The predicted molar refractivity (Wildman–Crippen MR) is 92.5 cm³/mol. The molecule has 1 unspecified atom stereocenters. The van der Waals surface area contributed by atoms with Crippen molar-refractivity contribution in [2.75, 3.05) is 13.2 Å². The van der Waals surface area contributed by atoms with Crippen molar-refractivity contribution in [3.05, 3.63) is 26.5 Å². The number of ether oxygens (including phenoxy) is 2. The fourth-order valence-corrected chi connectivity index (χ4v) is 4.59. The Morgan fingerprint density at radius 1 is 1.54 bits per heavy atom. The van der Waals surface area contributed by atoms with Crippen LogP contribution in [0.15, 0.2) is 16.6 Å². The lowest BCUT2D eigenvalue weighted by molar-refractivity contribution is -0.0487. The molecule has 0 spiro atoms. The van der Waals surface area contributed by atoms with Gasteiger partial charge in [0.05, 0.1) is 21.2 Å². The van der Waals surface area contributed by atoms with E-state index in [1.165, 1.54) is 6.07 Å². The van der Waals surface area contributed by atoms with E-state index in [1.807, 2.05) is 0 Å². The van der Waals surface area contributed by atoms with Crippen LogP contribution in [-0.4, -0.2) is 31.8 Å². The number of rotatable bonds is 5. The van der Waals surface area contributed by atoms with Crippen molar-refractivity contribution in [1.82, 2.24) is 5.32 Å². The third-order valence-corrected chi connectivity index (χ3v) is 6.27. The summed E-state index contributed by atoms with van der Waals surface area (Å²) in [7, 11) is 0. The second-order valence-corrected chi connectivity index (χ2v) is 7.47. The highest BCUT2D eigenvalue weighted by Gasteiger charge is 2.24. The smallest absolute Gasteiger partial charge is 0.387 e. The fourth-order valence-electron chi connectivity index (χ4n) is 2.54. The fraction of sp³-hybridized carbons (Fsp3) is 0.400. The molecule has 1 aliphatic rings. The number of thiophene rings is 1. The quantitative estimate of drug-likeness (QED) is 0.725. The van der Waals surface area contributed by atoms with Gasteiger partial charge in [-0.25, -0.2) is 0 Å². The average Bonchev–Trinajstić information content (AvgIpc) is 3.16. The minimum Gasteiger partial charge on any atom is -0.434 e. The van der Waals surface area contributed by atoms with Crippen LogP contribution in [0.1, 0.15) is 22.5 Å². The third kappa shape index (κ3) is 3.66. The third-order valence-electron chi connectivity index (χ3n) is 3.63. The van der Waals surface area contributed by atoms with Gasteiger partial charge in [-0.15, -0.1) is 11.3 Å². The molecule has 4 nitrogen and oxygen atoms in total. The minimum absolute atomic E-state index is 0.00608. The summed E-state index contributed by atoms with van der Waals surface area (Å²) >= 11 is 10.8. The van der Waals surface area contributed by atoms with Gasteiger partial charge in [-0.1, -0.05) is 11.6 Å². The van der Waals surface area contributed by atoms with Gasteiger partial charge in [0.15, 0.2) is 0 Å². The summed E-state index contributed by atoms with van der Waals surface area (Å²) in [6.45, 7) is -1.88. The zero-order chi connectivity index (χ0) is 17.3. The van der Waals surface area contributed by atoms with E-state index < -0.39 is 6.61 Å². The number of hydrogen-bond acceptors (Lipinski definition) is 4. The maximum absolute atomic E-state index is 12.6. The first-order chi connectivity index (χ1) is 11.5. The van der Waals surface area contributed by atoms with Crippen molar-refractivity contribution in [2.45, 2.75) is 25.6 Å². The van der Waals surface area contributed by atoms with Crippen molar-refractivity contribution in [1.29, 1.82) is 0 Å². The molecule has 0 aliphatic carbocycles. The normalized spacial score (nSPS) is 17.6. The van der Waals surface area contributed by atoms with Gasteiger partial charge in [0.2, 0.25) is 0 Å². The van der Waals surface area contributed by atoms with Gasteiger partial charge >= 0.3 is 6.61 Å². The number of carbonyl (C=O) groups excluding carboxylic acids is 1. The monoisotopic (exact) mass is 439 g/mol. The van der Waals surface area contributed by atoms with Crippen molar-refractivity contribution in [3.63, 3.8) is 0 Å². The predicted octanol–water partition coefficient (Wildman–Crippen LogP) is 4.83.